The Morgan fingerprint density at radius 1 is 1.24 bits per heavy atom. The van der Waals surface area contributed by atoms with Gasteiger partial charge in [0.25, 0.3) is 0 Å². The van der Waals surface area contributed by atoms with Crippen LogP contribution in [0.4, 0.5) is 0 Å². The maximum Gasteiger partial charge on any atom is 0.191 e. The van der Waals surface area contributed by atoms with E-state index in [4.69, 9.17) is 4.99 Å². The van der Waals surface area contributed by atoms with Gasteiger partial charge >= 0.3 is 0 Å². The molecule has 1 aromatic heterocycles. The highest BCUT2D eigenvalue weighted by atomic mass is 127. The molecule has 6 nitrogen and oxygen atoms in total. The number of nitrogens with zero attached hydrogens (tertiary/aromatic N) is 4. The molecule has 0 aliphatic heterocycles. The monoisotopic (exact) mass is 572 g/mol. The Morgan fingerprint density at radius 3 is 2.52 bits per heavy atom. The van der Waals surface area contributed by atoms with Crippen molar-refractivity contribution < 1.29 is 0 Å². The second kappa shape index (κ2) is 11.1. The van der Waals surface area contributed by atoms with Gasteiger partial charge in [0.1, 0.15) is 12.4 Å². The van der Waals surface area contributed by atoms with Crippen molar-refractivity contribution >= 4 is 45.9 Å². The Balaban J connectivity index is 0.00000300. The van der Waals surface area contributed by atoms with E-state index < -0.39 is 0 Å². The van der Waals surface area contributed by atoms with E-state index in [1.165, 1.54) is 31.2 Å². The predicted molar refractivity (Wildman–Crippen MR) is 133 cm³/mol. The minimum atomic E-state index is 0. The molecule has 0 atom stereocenters. The third-order valence-electron chi connectivity index (χ3n) is 5.59. The predicted octanol–water partition coefficient (Wildman–Crippen LogP) is 4.24. The fraction of sp³-hybridized carbons (Fsp3) is 0.476. The van der Waals surface area contributed by atoms with Crippen molar-refractivity contribution in [2.75, 3.05) is 13.1 Å². The molecule has 1 aliphatic rings. The smallest absolute Gasteiger partial charge is 0.191 e. The van der Waals surface area contributed by atoms with Crippen LogP contribution in [0.5, 0.6) is 0 Å². The SMILES string of the molecule is C=CCNC(=NCc1nnc(C)n1C)NCC1(c2ccc(Br)cc2)CCCC1.I. The van der Waals surface area contributed by atoms with E-state index in [0.717, 1.165) is 28.6 Å². The first-order valence-corrected chi connectivity index (χ1v) is 10.6. The molecule has 1 aliphatic carbocycles. The molecule has 3 rings (SSSR count). The highest BCUT2D eigenvalue weighted by molar-refractivity contribution is 14.0. The summed E-state index contributed by atoms with van der Waals surface area (Å²) in [6, 6.07) is 8.76. The molecule has 29 heavy (non-hydrogen) atoms. The van der Waals surface area contributed by atoms with Crippen LogP contribution in [-0.2, 0) is 19.0 Å². The van der Waals surface area contributed by atoms with Gasteiger partial charge in [-0.05, 0) is 37.5 Å². The molecule has 0 spiro atoms. The van der Waals surface area contributed by atoms with Gasteiger partial charge < -0.3 is 15.2 Å². The summed E-state index contributed by atoms with van der Waals surface area (Å²) >= 11 is 3.55. The number of nitrogens with one attached hydrogen (secondary N) is 2. The zero-order chi connectivity index (χ0) is 20.0. The van der Waals surface area contributed by atoms with Crippen LogP contribution in [0.15, 0.2) is 46.4 Å². The number of benzene rings is 1. The van der Waals surface area contributed by atoms with E-state index in [2.05, 4.69) is 67.6 Å². The molecule has 0 unspecified atom stereocenters. The number of aryl methyl sites for hydroxylation is 1. The van der Waals surface area contributed by atoms with Crippen LogP contribution in [0.25, 0.3) is 0 Å². The van der Waals surface area contributed by atoms with Crippen LogP contribution in [0.1, 0.15) is 42.9 Å². The van der Waals surface area contributed by atoms with E-state index in [-0.39, 0.29) is 29.4 Å². The minimum Gasteiger partial charge on any atom is -0.355 e. The first-order valence-electron chi connectivity index (χ1n) is 9.78. The van der Waals surface area contributed by atoms with Crippen molar-refractivity contribution in [3.8, 4) is 0 Å². The maximum absolute atomic E-state index is 4.72. The third-order valence-corrected chi connectivity index (χ3v) is 6.12. The van der Waals surface area contributed by atoms with E-state index >= 15 is 0 Å². The number of aliphatic imine (C=N–C) groups is 1. The molecule has 1 saturated carbocycles. The molecule has 158 valence electrons. The molecule has 2 N–H and O–H groups in total. The molecule has 0 amide bonds. The highest BCUT2D eigenvalue weighted by Gasteiger charge is 2.35. The molecule has 1 heterocycles. The van der Waals surface area contributed by atoms with E-state index in [0.29, 0.717) is 13.1 Å². The van der Waals surface area contributed by atoms with Gasteiger partial charge in [-0.3, -0.25) is 0 Å². The Hall–Kier alpha value is -1.42. The van der Waals surface area contributed by atoms with Gasteiger partial charge in [0.15, 0.2) is 11.8 Å². The van der Waals surface area contributed by atoms with Gasteiger partial charge in [-0.1, -0.05) is 47.0 Å². The third kappa shape index (κ3) is 6.04. The zero-order valence-electron chi connectivity index (χ0n) is 17.1. The van der Waals surface area contributed by atoms with Gasteiger partial charge in [0, 0.05) is 30.0 Å². The van der Waals surface area contributed by atoms with Crippen molar-refractivity contribution in [2.24, 2.45) is 12.0 Å². The van der Waals surface area contributed by atoms with Crippen LogP contribution in [0.2, 0.25) is 0 Å². The first kappa shape index (κ1) is 23.9. The quantitative estimate of drug-likeness (QED) is 0.225. The van der Waals surface area contributed by atoms with E-state index in [1.54, 1.807) is 0 Å². The van der Waals surface area contributed by atoms with Crippen molar-refractivity contribution in [3.63, 3.8) is 0 Å². The molecular weight excluding hydrogens is 543 g/mol. The van der Waals surface area contributed by atoms with Crippen LogP contribution < -0.4 is 10.6 Å². The molecule has 0 bridgehead atoms. The van der Waals surface area contributed by atoms with Crippen LogP contribution in [-0.4, -0.2) is 33.8 Å². The van der Waals surface area contributed by atoms with E-state index in [9.17, 15) is 0 Å². The lowest BCUT2D eigenvalue weighted by atomic mass is 9.79. The largest absolute Gasteiger partial charge is 0.355 e. The number of hydrogen-bond donors (Lipinski definition) is 2. The fourth-order valence-electron chi connectivity index (χ4n) is 3.76. The summed E-state index contributed by atoms with van der Waals surface area (Å²) in [5.41, 5.74) is 1.55. The highest BCUT2D eigenvalue weighted by Crippen LogP contribution is 2.40. The normalized spacial score (nSPS) is 15.6. The number of rotatable bonds is 7. The summed E-state index contributed by atoms with van der Waals surface area (Å²) in [6.07, 6.45) is 6.76. The summed E-state index contributed by atoms with van der Waals surface area (Å²) in [5.74, 6) is 2.52. The number of hydrogen-bond acceptors (Lipinski definition) is 3. The summed E-state index contributed by atoms with van der Waals surface area (Å²) in [4.78, 5) is 4.72. The average Bonchev–Trinajstić information content (AvgIpc) is 3.30. The number of guanidine groups is 1. The lowest BCUT2D eigenvalue weighted by molar-refractivity contribution is 0.432. The summed E-state index contributed by atoms with van der Waals surface area (Å²) < 4.78 is 3.08. The second-order valence-electron chi connectivity index (χ2n) is 7.40. The first-order chi connectivity index (χ1) is 13.5. The van der Waals surface area contributed by atoms with Crippen LogP contribution in [0.3, 0.4) is 0 Å². The van der Waals surface area contributed by atoms with Crippen molar-refractivity contribution in [1.29, 1.82) is 0 Å². The van der Waals surface area contributed by atoms with Crippen LogP contribution >= 0.6 is 39.9 Å². The van der Waals surface area contributed by atoms with Gasteiger partial charge in [0.05, 0.1) is 0 Å². The molecule has 2 aromatic rings. The van der Waals surface area contributed by atoms with Gasteiger partial charge in [-0.25, -0.2) is 4.99 Å². The number of aromatic nitrogens is 3. The Labute approximate surface area is 198 Å². The zero-order valence-corrected chi connectivity index (χ0v) is 21.0. The Kier molecular flexibility index (Phi) is 9.13. The molecular formula is C21H30BrIN6. The van der Waals surface area contributed by atoms with Gasteiger partial charge in [-0.15, -0.1) is 40.8 Å². The molecule has 1 aromatic carbocycles. The molecule has 0 radical (unpaired) electrons. The second-order valence-corrected chi connectivity index (χ2v) is 8.32. The molecule has 1 fully saturated rings. The van der Waals surface area contributed by atoms with Gasteiger partial charge in [0.2, 0.25) is 0 Å². The standard InChI is InChI=1S/C21H29BrN6.HI/c1-4-13-23-20(24-14-19-27-26-16(2)28(19)3)25-15-21(11-5-6-12-21)17-7-9-18(22)10-8-17;/h4,7-10H,1,5-6,11-15H2,2-3H3,(H2,23,24,25);1H. The average molecular weight is 573 g/mol. The minimum absolute atomic E-state index is 0. The Bertz CT molecular complexity index is 824. The van der Waals surface area contributed by atoms with Crippen molar-refractivity contribution in [1.82, 2.24) is 25.4 Å². The molecule has 0 saturated heterocycles. The summed E-state index contributed by atoms with van der Waals surface area (Å²) in [6.45, 7) is 7.74. The maximum atomic E-state index is 4.72. The van der Waals surface area contributed by atoms with Crippen molar-refractivity contribution in [2.45, 2.75) is 44.6 Å². The van der Waals surface area contributed by atoms with Gasteiger partial charge in [-0.2, -0.15) is 0 Å². The van der Waals surface area contributed by atoms with Crippen LogP contribution in [0, 0.1) is 6.92 Å². The van der Waals surface area contributed by atoms with Crippen molar-refractivity contribution in [3.05, 3.63) is 58.6 Å². The molecule has 8 heteroatoms. The number of halogens is 2. The lowest BCUT2D eigenvalue weighted by Crippen LogP contribution is -2.44. The lowest BCUT2D eigenvalue weighted by Gasteiger charge is -2.31. The summed E-state index contributed by atoms with van der Waals surface area (Å²) in [7, 11) is 1.96. The topological polar surface area (TPSA) is 67.1 Å². The fourth-order valence-corrected chi connectivity index (χ4v) is 4.02. The Morgan fingerprint density at radius 2 is 1.93 bits per heavy atom. The van der Waals surface area contributed by atoms with E-state index in [1.807, 2.05) is 24.6 Å². The summed E-state index contributed by atoms with van der Waals surface area (Å²) in [5, 5.41) is 15.2.